The number of alkyl halides is 7. The number of nitrogens with one attached hydrogen (secondary N) is 3. The molecule has 8 atom stereocenters. The molecule has 0 aromatic carbocycles. The summed E-state index contributed by atoms with van der Waals surface area (Å²) >= 11 is 6.08. The lowest BCUT2D eigenvalue weighted by Crippen LogP contribution is -2.67. The zero-order chi connectivity index (χ0) is 23.9. The van der Waals surface area contributed by atoms with Crippen LogP contribution in [0.2, 0.25) is 0 Å². The van der Waals surface area contributed by atoms with Gasteiger partial charge in [0, 0.05) is 18.2 Å². The van der Waals surface area contributed by atoms with Crippen molar-refractivity contribution in [3.8, 4) is 0 Å². The Labute approximate surface area is 187 Å². The van der Waals surface area contributed by atoms with Crippen molar-refractivity contribution in [3.05, 3.63) is 11.8 Å². The van der Waals surface area contributed by atoms with E-state index in [4.69, 9.17) is 22.1 Å². The first-order valence-electron chi connectivity index (χ1n) is 10.5. The highest BCUT2D eigenvalue weighted by Crippen LogP contribution is 2.44. The number of aliphatic hydroxyl groups is 1. The summed E-state index contributed by atoms with van der Waals surface area (Å²) < 4.78 is 88.3. The minimum absolute atomic E-state index is 0.155. The van der Waals surface area contributed by atoms with Crippen LogP contribution in [0, 0.1) is 11.8 Å². The average molecular weight is 495 g/mol. The zero-order valence-corrected chi connectivity index (χ0v) is 18.2. The molecule has 0 aromatic heterocycles. The van der Waals surface area contributed by atoms with Crippen molar-refractivity contribution in [1.82, 2.24) is 16.0 Å². The maximum absolute atomic E-state index is 14.9. The van der Waals surface area contributed by atoms with E-state index in [0.717, 1.165) is 0 Å². The van der Waals surface area contributed by atoms with Crippen molar-refractivity contribution < 1.29 is 36.2 Å². The predicted octanol–water partition coefficient (Wildman–Crippen LogP) is 1.97. The second kappa shape index (κ2) is 9.46. The van der Waals surface area contributed by atoms with Crippen LogP contribution in [0.25, 0.3) is 0 Å². The quantitative estimate of drug-likeness (QED) is 0.233. The van der Waals surface area contributed by atoms with Crippen LogP contribution in [-0.2, 0) is 4.74 Å². The van der Waals surface area contributed by atoms with E-state index in [1.807, 2.05) is 0 Å². The second-order valence-corrected chi connectivity index (χ2v) is 9.54. The summed E-state index contributed by atoms with van der Waals surface area (Å²) in [4.78, 5) is 0. The molecule has 2 heterocycles. The standard InChI is InChI=1S/C19H29ClF6N4O2/c1-17(18(22,23)8-32-7-14(27)30-17)11-5-10(2-3-13(11)21)29-16(31)15-12(20)4-9(6-28-15)19(24,25)26/h2,9,11-16,28-31H,3-8,27H2,1H3. The number of rotatable bonds is 4. The highest BCUT2D eigenvalue weighted by atomic mass is 35.5. The molecule has 0 bridgehead atoms. The van der Waals surface area contributed by atoms with Crippen LogP contribution in [0.3, 0.4) is 0 Å². The lowest BCUT2D eigenvalue weighted by atomic mass is 9.72. The number of ether oxygens (including phenoxy) is 1. The van der Waals surface area contributed by atoms with E-state index in [1.165, 1.54) is 13.0 Å². The van der Waals surface area contributed by atoms with Gasteiger partial charge in [-0.3, -0.25) is 5.32 Å². The Morgan fingerprint density at radius 3 is 2.69 bits per heavy atom. The molecule has 3 aliphatic rings. The lowest BCUT2D eigenvalue weighted by Gasteiger charge is -2.46. The minimum Gasteiger partial charge on any atom is -0.372 e. The van der Waals surface area contributed by atoms with E-state index in [-0.39, 0.29) is 25.9 Å². The van der Waals surface area contributed by atoms with E-state index in [1.54, 1.807) is 0 Å². The Morgan fingerprint density at radius 2 is 2.06 bits per heavy atom. The lowest BCUT2D eigenvalue weighted by molar-refractivity contribution is -0.180. The van der Waals surface area contributed by atoms with Gasteiger partial charge in [0.1, 0.15) is 19.0 Å². The fourth-order valence-electron chi connectivity index (χ4n) is 4.67. The van der Waals surface area contributed by atoms with Gasteiger partial charge in [-0.05, 0) is 26.2 Å². The monoisotopic (exact) mass is 494 g/mol. The molecule has 32 heavy (non-hydrogen) atoms. The normalized spacial score (nSPS) is 42.0. The fraction of sp³-hybridized carbons (Fsp3) is 0.895. The molecule has 1 aliphatic carbocycles. The third-order valence-electron chi connectivity index (χ3n) is 6.67. The van der Waals surface area contributed by atoms with Crippen molar-refractivity contribution in [3.63, 3.8) is 0 Å². The smallest absolute Gasteiger partial charge is 0.372 e. The van der Waals surface area contributed by atoms with Gasteiger partial charge in [-0.15, -0.1) is 11.6 Å². The highest BCUT2D eigenvalue weighted by molar-refractivity contribution is 6.21. The first-order chi connectivity index (χ1) is 14.7. The van der Waals surface area contributed by atoms with Crippen molar-refractivity contribution in [1.29, 1.82) is 0 Å². The first kappa shape index (κ1) is 25.8. The second-order valence-electron chi connectivity index (χ2n) is 8.98. The van der Waals surface area contributed by atoms with E-state index in [9.17, 15) is 31.4 Å². The summed E-state index contributed by atoms with van der Waals surface area (Å²) in [5.74, 6) is -6.25. The van der Waals surface area contributed by atoms with Gasteiger partial charge in [0.2, 0.25) is 0 Å². The van der Waals surface area contributed by atoms with Crippen molar-refractivity contribution in [2.45, 2.75) is 73.8 Å². The molecule has 186 valence electrons. The van der Waals surface area contributed by atoms with Gasteiger partial charge in [0.15, 0.2) is 0 Å². The van der Waals surface area contributed by atoms with Gasteiger partial charge in [-0.25, -0.2) is 13.2 Å². The van der Waals surface area contributed by atoms with Crippen molar-refractivity contribution in [2.24, 2.45) is 17.6 Å². The maximum Gasteiger partial charge on any atom is 0.393 e. The van der Waals surface area contributed by atoms with Crippen molar-refractivity contribution >= 4 is 11.6 Å². The van der Waals surface area contributed by atoms with Gasteiger partial charge >= 0.3 is 6.18 Å². The average Bonchev–Trinajstić information content (AvgIpc) is 2.77. The van der Waals surface area contributed by atoms with Gasteiger partial charge in [-0.1, -0.05) is 6.08 Å². The molecule has 0 radical (unpaired) electrons. The predicted molar refractivity (Wildman–Crippen MR) is 106 cm³/mol. The molecule has 13 heteroatoms. The summed E-state index contributed by atoms with van der Waals surface area (Å²) in [7, 11) is 0. The summed E-state index contributed by atoms with van der Waals surface area (Å²) in [5.41, 5.74) is 4.07. The van der Waals surface area contributed by atoms with Crippen LogP contribution in [0.5, 0.6) is 0 Å². The Morgan fingerprint density at radius 1 is 1.38 bits per heavy atom. The number of piperidine rings is 1. The highest BCUT2D eigenvalue weighted by Gasteiger charge is 2.59. The Balaban J connectivity index is 1.69. The maximum atomic E-state index is 14.9. The van der Waals surface area contributed by atoms with Crippen molar-refractivity contribution in [2.75, 3.05) is 19.8 Å². The number of hydrogen-bond acceptors (Lipinski definition) is 6. The molecule has 8 unspecified atom stereocenters. The fourth-order valence-corrected chi connectivity index (χ4v) is 5.11. The summed E-state index contributed by atoms with van der Waals surface area (Å²) in [6, 6.07) is -0.910. The molecule has 2 saturated heterocycles. The molecule has 3 rings (SSSR count). The van der Waals surface area contributed by atoms with E-state index in [2.05, 4.69) is 16.0 Å². The number of nitrogens with two attached hydrogens (primary N) is 1. The van der Waals surface area contributed by atoms with Crippen LogP contribution in [0.1, 0.15) is 26.2 Å². The van der Waals surface area contributed by atoms with E-state index in [0.29, 0.717) is 5.70 Å². The summed E-state index contributed by atoms with van der Waals surface area (Å²) in [6.45, 7) is -0.274. The van der Waals surface area contributed by atoms with Crippen LogP contribution in [-0.4, -0.2) is 72.5 Å². The van der Waals surface area contributed by atoms with Crippen LogP contribution < -0.4 is 21.7 Å². The molecule has 6 nitrogen and oxygen atoms in total. The minimum atomic E-state index is -4.41. The van der Waals surface area contributed by atoms with E-state index < -0.39 is 72.6 Å². The number of allylic oxidation sites excluding steroid dienone is 2. The Kier molecular flexibility index (Phi) is 7.63. The molecule has 0 saturated carbocycles. The van der Waals surface area contributed by atoms with Gasteiger partial charge < -0.3 is 26.2 Å². The molecule has 0 spiro atoms. The Bertz CT molecular complexity index is 699. The third-order valence-corrected chi connectivity index (χ3v) is 7.12. The van der Waals surface area contributed by atoms with Crippen LogP contribution >= 0.6 is 11.6 Å². The summed E-state index contributed by atoms with van der Waals surface area (Å²) in [5, 5.41) is 17.4. The zero-order valence-electron chi connectivity index (χ0n) is 17.4. The van der Waals surface area contributed by atoms with E-state index >= 15 is 0 Å². The van der Waals surface area contributed by atoms with Gasteiger partial charge in [0.05, 0.1) is 35.6 Å². The molecule has 2 fully saturated rings. The van der Waals surface area contributed by atoms with Gasteiger partial charge in [0.25, 0.3) is 5.92 Å². The molecular formula is C19H29ClF6N4O2. The SMILES string of the molecule is CC1(C2CC(NC(O)C3NCC(C(F)(F)F)CC3Cl)=CCC2F)NC(N)COCC1(F)F. The molecule has 2 aliphatic heterocycles. The molecular weight excluding hydrogens is 466 g/mol. The number of halogens is 7. The van der Waals surface area contributed by atoms with Crippen LogP contribution in [0.4, 0.5) is 26.3 Å². The molecule has 0 aromatic rings. The number of aliphatic hydroxyl groups excluding tert-OH is 1. The topological polar surface area (TPSA) is 91.6 Å². The summed E-state index contributed by atoms with van der Waals surface area (Å²) in [6.07, 6.45) is -7.60. The number of hydrogen-bond donors (Lipinski definition) is 5. The first-order valence-corrected chi connectivity index (χ1v) is 10.9. The third kappa shape index (κ3) is 5.30. The molecule has 0 amide bonds. The Hall–Kier alpha value is -0.790. The van der Waals surface area contributed by atoms with Gasteiger partial charge in [-0.2, -0.15) is 13.2 Å². The molecule has 6 N–H and O–H groups in total. The van der Waals surface area contributed by atoms with Crippen LogP contribution in [0.15, 0.2) is 11.8 Å². The largest absolute Gasteiger partial charge is 0.393 e.